The molecular weight excluding hydrogens is 374 g/mol. The first-order chi connectivity index (χ1) is 12.8. The molecule has 0 spiro atoms. The highest BCUT2D eigenvalue weighted by Crippen LogP contribution is 2.19. The minimum absolute atomic E-state index is 0.468. The molecule has 0 bridgehead atoms. The number of nitrogens with one attached hydrogen (secondary N) is 1. The van der Waals surface area contributed by atoms with Crippen molar-refractivity contribution in [2.24, 2.45) is 0 Å². The van der Waals surface area contributed by atoms with Crippen LogP contribution in [0.1, 0.15) is 54.4 Å². The lowest BCUT2D eigenvalue weighted by molar-refractivity contribution is -0.244. The van der Waals surface area contributed by atoms with E-state index in [1.807, 2.05) is 20.8 Å². The molecule has 0 aliphatic carbocycles. The van der Waals surface area contributed by atoms with Gasteiger partial charge in [0.25, 0.3) is 0 Å². The van der Waals surface area contributed by atoms with Gasteiger partial charge in [0.15, 0.2) is 12.6 Å². The van der Waals surface area contributed by atoms with Crippen LogP contribution in [0.4, 0.5) is 4.79 Å². The summed E-state index contributed by atoms with van der Waals surface area (Å²) in [6.45, 7) is 13.1. The second-order valence-electron chi connectivity index (χ2n) is 5.81. The zero-order chi connectivity index (χ0) is 20.7. The van der Waals surface area contributed by atoms with Crippen molar-refractivity contribution in [1.29, 1.82) is 0 Å². The Morgan fingerprint density at radius 2 is 1.48 bits per heavy atom. The van der Waals surface area contributed by atoms with Gasteiger partial charge in [-0.3, -0.25) is 5.32 Å². The first-order valence-corrected chi connectivity index (χ1v) is 11.6. The summed E-state index contributed by atoms with van der Waals surface area (Å²) >= 11 is 0. The van der Waals surface area contributed by atoms with Crippen LogP contribution >= 0.6 is 0 Å². The van der Waals surface area contributed by atoms with Crippen molar-refractivity contribution in [3.63, 3.8) is 0 Å². The van der Waals surface area contributed by atoms with Crippen LogP contribution < -0.4 is 5.32 Å². The van der Waals surface area contributed by atoms with E-state index in [0.29, 0.717) is 26.4 Å². The average molecular weight is 412 g/mol. The summed E-state index contributed by atoms with van der Waals surface area (Å²) in [4.78, 5) is 10.5. The van der Waals surface area contributed by atoms with Crippen molar-refractivity contribution in [2.75, 3.05) is 26.4 Å². The molecule has 0 heterocycles. The van der Waals surface area contributed by atoms with Crippen LogP contribution in [0, 0.1) is 0 Å². The molecule has 0 rings (SSSR count). The maximum absolute atomic E-state index is 10.5. The zero-order valence-corrected chi connectivity index (χ0v) is 18.5. The molecule has 27 heavy (non-hydrogen) atoms. The standard InChI is InChI=1S/C17H37NO8Si/c1-7-22-27(23-8-2,24-9-3)13-11-10-12-21-15(5)26-16(6)25-14(4)18-17(19)20/h14-16,18H,7-13H2,1-6H3,(H,19,20). The third-order valence-corrected chi connectivity index (χ3v) is 6.58. The van der Waals surface area contributed by atoms with Crippen molar-refractivity contribution in [1.82, 2.24) is 5.32 Å². The lowest BCUT2D eigenvalue weighted by Crippen LogP contribution is -2.45. The lowest BCUT2D eigenvalue weighted by Gasteiger charge is -2.28. The second-order valence-corrected chi connectivity index (χ2v) is 8.54. The molecular formula is C17H37NO8Si. The molecule has 0 saturated carbocycles. The van der Waals surface area contributed by atoms with E-state index in [9.17, 15) is 4.79 Å². The Morgan fingerprint density at radius 3 is 1.96 bits per heavy atom. The number of amides is 1. The highest BCUT2D eigenvalue weighted by molar-refractivity contribution is 6.60. The van der Waals surface area contributed by atoms with Gasteiger partial charge in [0.1, 0.15) is 6.23 Å². The fraction of sp³-hybridized carbons (Fsp3) is 0.941. The van der Waals surface area contributed by atoms with Crippen LogP contribution in [0.25, 0.3) is 0 Å². The second kappa shape index (κ2) is 15.2. The summed E-state index contributed by atoms with van der Waals surface area (Å²) in [7, 11) is -2.59. The van der Waals surface area contributed by atoms with Crippen LogP contribution in [0.3, 0.4) is 0 Å². The van der Waals surface area contributed by atoms with Crippen molar-refractivity contribution >= 4 is 14.9 Å². The predicted molar refractivity (Wildman–Crippen MR) is 102 cm³/mol. The molecule has 2 N–H and O–H groups in total. The normalized spacial score (nSPS) is 15.3. The molecule has 0 aromatic carbocycles. The highest BCUT2D eigenvalue weighted by Gasteiger charge is 2.39. The van der Waals surface area contributed by atoms with Crippen molar-refractivity contribution in [3.05, 3.63) is 0 Å². The van der Waals surface area contributed by atoms with Gasteiger partial charge < -0.3 is 32.6 Å². The van der Waals surface area contributed by atoms with E-state index < -0.39 is 33.7 Å². The largest absolute Gasteiger partial charge is 0.500 e. The molecule has 0 aliphatic rings. The van der Waals surface area contributed by atoms with Crippen molar-refractivity contribution in [2.45, 2.75) is 79.2 Å². The number of ether oxygens (including phenoxy) is 3. The topological polar surface area (TPSA) is 105 Å². The molecule has 0 saturated heterocycles. The van der Waals surface area contributed by atoms with Gasteiger partial charge in [-0.25, -0.2) is 4.79 Å². The van der Waals surface area contributed by atoms with Gasteiger partial charge in [-0.2, -0.15) is 0 Å². The minimum Gasteiger partial charge on any atom is -0.465 e. The molecule has 162 valence electrons. The van der Waals surface area contributed by atoms with Gasteiger partial charge in [-0.15, -0.1) is 0 Å². The van der Waals surface area contributed by atoms with Crippen LogP contribution in [-0.2, 0) is 27.5 Å². The number of rotatable bonds is 17. The molecule has 3 atom stereocenters. The van der Waals surface area contributed by atoms with Crippen LogP contribution in [0.15, 0.2) is 0 Å². The Bertz CT molecular complexity index is 371. The van der Waals surface area contributed by atoms with Crippen LogP contribution in [-0.4, -0.2) is 65.2 Å². The summed E-state index contributed by atoms with van der Waals surface area (Å²) in [6, 6.07) is 0.749. The summed E-state index contributed by atoms with van der Waals surface area (Å²) < 4.78 is 34.0. The maximum atomic E-state index is 10.5. The van der Waals surface area contributed by atoms with Gasteiger partial charge in [-0.05, 0) is 54.4 Å². The predicted octanol–water partition coefficient (Wildman–Crippen LogP) is 3.17. The highest BCUT2D eigenvalue weighted by atomic mass is 28.4. The summed E-state index contributed by atoms with van der Waals surface area (Å²) in [5.74, 6) is 0. The fourth-order valence-electron chi connectivity index (χ4n) is 2.53. The monoisotopic (exact) mass is 411 g/mol. The third kappa shape index (κ3) is 13.1. The lowest BCUT2D eigenvalue weighted by atomic mass is 10.4. The summed E-state index contributed by atoms with van der Waals surface area (Å²) in [5, 5.41) is 10.8. The first-order valence-electron chi connectivity index (χ1n) is 9.62. The molecule has 0 radical (unpaired) electrons. The maximum Gasteiger partial charge on any atom is 0.500 e. The van der Waals surface area contributed by atoms with Crippen LogP contribution in [0.2, 0.25) is 6.04 Å². The smallest absolute Gasteiger partial charge is 0.465 e. The molecule has 0 aromatic heterocycles. The van der Waals surface area contributed by atoms with E-state index in [-0.39, 0.29) is 0 Å². The Hall–Kier alpha value is -0.753. The van der Waals surface area contributed by atoms with Crippen molar-refractivity contribution in [3.8, 4) is 0 Å². The minimum atomic E-state index is -2.59. The van der Waals surface area contributed by atoms with E-state index in [0.717, 1.165) is 18.9 Å². The summed E-state index contributed by atoms with van der Waals surface area (Å²) in [6.07, 6.45) is -1.20. The van der Waals surface area contributed by atoms with Gasteiger partial charge in [-0.1, -0.05) is 0 Å². The quantitative estimate of drug-likeness (QED) is 0.214. The number of hydrogen-bond acceptors (Lipinski definition) is 7. The van der Waals surface area contributed by atoms with E-state index in [4.69, 9.17) is 32.6 Å². The molecule has 1 amide bonds. The van der Waals surface area contributed by atoms with Gasteiger partial charge in [0.05, 0.1) is 0 Å². The van der Waals surface area contributed by atoms with E-state index in [1.165, 1.54) is 0 Å². The third-order valence-electron chi connectivity index (χ3n) is 3.43. The van der Waals surface area contributed by atoms with E-state index in [1.54, 1.807) is 20.8 Å². The van der Waals surface area contributed by atoms with Gasteiger partial charge in [0.2, 0.25) is 0 Å². The SMILES string of the molecule is CCO[Si](CCCCOC(C)OC(C)OC(C)NC(=O)O)(OCC)OCC. The Morgan fingerprint density at radius 1 is 0.926 bits per heavy atom. The van der Waals surface area contributed by atoms with E-state index in [2.05, 4.69) is 5.32 Å². The molecule has 0 aliphatic heterocycles. The van der Waals surface area contributed by atoms with Gasteiger partial charge >= 0.3 is 14.9 Å². The Kier molecular flexibility index (Phi) is 14.8. The van der Waals surface area contributed by atoms with E-state index >= 15 is 0 Å². The zero-order valence-electron chi connectivity index (χ0n) is 17.5. The first kappa shape index (κ1) is 26.2. The van der Waals surface area contributed by atoms with Gasteiger partial charge in [0, 0.05) is 32.5 Å². The Labute approximate surface area is 164 Å². The molecule has 10 heteroatoms. The number of carboxylic acid groups (broad SMARTS) is 1. The average Bonchev–Trinajstić information content (AvgIpc) is 2.54. The molecule has 0 aromatic rings. The van der Waals surface area contributed by atoms with Crippen molar-refractivity contribution < 1.29 is 37.4 Å². The molecule has 0 fully saturated rings. The Balaban J connectivity index is 4.08. The number of hydrogen-bond donors (Lipinski definition) is 2. The number of carbonyl (C=O) groups is 1. The van der Waals surface area contributed by atoms with Crippen LogP contribution in [0.5, 0.6) is 0 Å². The fourth-order valence-corrected chi connectivity index (χ4v) is 5.22. The summed E-state index contributed by atoms with van der Waals surface area (Å²) in [5.41, 5.74) is 0. The molecule has 3 unspecified atom stereocenters. The molecule has 9 nitrogen and oxygen atoms in total. The number of unbranched alkanes of at least 4 members (excludes halogenated alkanes) is 1.